The predicted molar refractivity (Wildman–Crippen MR) is 78.4 cm³/mol. The SMILES string of the molecule is CCN(CC)C(=O)Nc1cc(C)nc2ccccc12. The summed E-state index contributed by atoms with van der Waals surface area (Å²) in [6, 6.07) is 9.66. The molecule has 100 valence electrons. The van der Waals surface area contributed by atoms with Crippen LogP contribution in [0.25, 0.3) is 10.9 Å². The Morgan fingerprint density at radius 1 is 1.26 bits per heavy atom. The van der Waals surface area contributed by atoms with Crippen molar-refractivity contribution in [1.29, 1.82) is 0 Å². The Labute approximate surface area is 113 Å². The Hall–Kier alpha value is -2.10. The number of carbonyl (C=O) groups excluding carboxylic acids is 1. The van der Waals surface area contributed by atoms with Gasteiger partial charge in [-0.25, -0.2) is 4.79 Å². The van der Waals surface area contributed by atoms with Crippen LogP contribution in [0.15, 0.2) is 30.3 Å². The lowest BCUT2D eigenvalue weighted by molar-refractivity contribution is 0.217. The maximum Gasteiger partial charge on any atom is 0.321 e. The van der Waals surface area contributed by atoms with Gasteiger partial charge in [-0.15, -0.1) is 0 Å². The zero-order chi connectivity index (χ0) is 13.8. The molecule has 1 aromatic heterocycles. The Morgan fingerprint density at radius 3 is 2.63 bits per heavy atom. The minimum Gasteiger partial charge on any atom is -0.325 e. The first-order valence-electron chi connectivity index (χ1n) is 6.58. The molecule has 0 spiro atoms. The monoisotopic (exact) mass is 257 g/mol. The van der Waals surface area contributed by atoms with Crippen LogP contribution in [0.2, 0.25) is 0 Å². The number of nitrogens with zero attached hydrogens (tertiary/aromatic N) is 2. The highest BCUT2D eigenvalue weighted by atomic mass is 16.2. The molecule has 1 N–H and O–H groups in total. The molecule has 0 bridgehead atoms. The number of fused-ring (bicyclic) bond motifs is 1. The summed E-state index contributed by atoms with van der Waals surface area (Å²) in [6.07, 6.45) is 0. The summed E-state index contributed by atoms with van der Waals surface area (Å²) in [7, 11) is 0. The van der Waals surface area contributed by atoms with Gasteiger partial charge in [0, 0.05) is 24.2 Å². The number of hydrogen-bond acceptors (Lipinski definition) is 2. The maximum atomic E-state index is 12.1. The molecule has 0 saturated heterocycles. The smallest absolute Gasteiger partial charge is 0.321 e. The van der Waals surface area contributed by atoms with Crippen molar-refractivity contribution in [3.8, 4) is 0 Å². The van der Waals surface area contributed by atoms with Crippen molar-refractivity contribution in [2.24, 2.45) is 0 Å². The number of urea groups is 1. The molecule has 0 aliphatic carbocycles. The van der Waals surface area contributed by atoms with E-state index < -0.39 is 0 Å². The van der Waals surface area contributed by atoms with Crippen LogP contribution in [0.1, 0.15) is 19.5 Å². The molecule has 4 nitrogen and oxygen atoms in total. The van der Waals surface area contributed by atoms with Gasteiger partial charge in [-0.1, -0.05) is 18.2 Å². The zero-order valence-electron chi connectivity index (χ0n) is 11.6. The minimum atomic E-state index is -0.0687. The van der Waals surface area contributed by atoms with Crippen molar-refractivity contribution in [3.05, 3.63) is 36.0 Å². The van der Waals surface area contributed by atoms with E-state index in [4.69, 9.17) is 0 Å². The Morgan fingerprint density at radius 2 is 1.95 bits per heavy atom. The molecule has 2 rings (SSSR count). The van der Waals surface area contributed by atoms with E-state index in [0.29, 0.717) is 13.1 Å². The van der Waals surface area contributed by atoms with Crippen LogP contribution in [0.4, 0.5) is 10.5 Å². The van der Waals surface area contributed by atoms with E-state index in [0.717, 1.165) is 22.3 Å². The summed E-state index contributed by atoms with van der Waals surface area (Å²) >= 11 is 0. The van der Waals surface area contributed by atoms with Gasteiger partial charge in [-0.05, 0) is 32.9 Å². The molecule has 4 heteroatoms. The molecule has 0 atom stereocenters. The number of aryl methyl sites for hydroxylation is 1. The van der Waals surface area contributed by atoms with Crippen LogP contribution in [0, 0.1) is 6.92 Å². The molecule has 1 heterocycles. The van der Waals surface area contributed by atoms with Gasteiger partial charge in [0.2, 0.25) is 0 Å². The Kier molecular flexibility index (Phi) is 4.00. The molecule has 0 aliphatic heterocycles. The van der Waals surface area contributed by atoms with Gasteiger partial charge in [0.25, 0.3) is 0 Å². The number of carbonyl (C=O) groups is 1. The van der Waals surface area contributed by atoms with Crippen LogP contribution in [0.3, 0.4) is 0 Å². The van der Waals surface area contributed by atoms with Crippen molar-refractivity contribution >= 4 is 22.6 Å². The summed E-state index contributed by atoms with van der Waals surface area (Å²) in [5.41, 5.74) is 2.62. The Bertz CT molecular complexity index is 591. The van der Waals surface area contributed by atoms with E-state index >= 15 is 0 Å². The van der Waals surface area contributed by atoms with Crippen molar-refractivity contribution in [3.63, 3.8) is 0 Å². The lowest BCUT2D eigenvalue weighted by Gasteiger charge is -2.20. The number of pyridine rings is 1. The van der Waals surface area contributed by atoms with Crippen molar-refractivity contribution < 1.29 is 4.79 Å². The third kappa shape index (κ3) is 2.84. The molecule has 19 heavy (non-hydrogen) atoms. The van der Waals surface area contributed by atoms with E-state index in [1.54, 1.807) is 4.90 Å². The predicted octanol–water partition coefficient (Wildman–Crippen LogP) is 3.42. The average molecular weight is 257 g/mol. The van der Waals surface area contributed by atoms with Gasteiger partial charge >= 0.3 is 6.03 Å². The first-order valence-corrected chi connectivity index (χ1v) is 6.58. The fourth-order valence-corrected chi connectivity index (χ4v) is 2.12. The van der Waals surface area contributed by atoms with Crippen LogP contribution >= 0.6 is 0 Å². The molecule has 0 saturated carbocycles. The Balaban J connectivity index is 2.37. The largest absolute Gasteiger partial charge is 0.325 e. The second kappa shape index (κ2) is 5.69. The second-order valence-electron chi connectivity index (χ2n) is 4.43. The fraction of sp³-hybridized carbons (Fsp3) is 0.333. The molecular weight excluding hydrogens is 238 g/mol. The molecule has 0 fully saturated rings. The highest BCUT2D eigenvalue weighted by Crippen LogP contribution is 2.23. The third-order valence-corrected chi connectivity index (χ3v) is 3.14. The second-order valence-corrected chi connectivity index (χ2v) is 4.43. The number of amides is 2. The van der Waals surface area contributed by atoms with Gasteiger partial charge in [0.15, 0.2) is 0 Å². The highest BCUT2D eigenvalue weighted by molar-refractivity contribution is 6.00. The summed E-state index contributed by atoms with van der Waals surface area (Å²) in [6.45, 7) is 7.27. The van der Waals surface area contributed by atoms with E-state index in [2.05, 4.69) is 10.3 Å². The quantitative estimate of drug-likeness (QED) is 0.915. The number of para-hydroxylation sites is 1. The van der Waals surface area contributed by atoms with Gasteiger partial charge < -0.3 is 10.2 Å². The average Bonchev–Trinajstić information content (AvgIpc) is 2.40. The lowest BCUT2D eigenvalue weighted by atomic mass is 10.1. The summed E-state index contributed by atoms with van der Waals surface area (Å²) in [5.74, 6) is 0. The number of anilines is 1. The summed E-state index contributed by atoms with van der Waals surface area (Å²) in [4.78, 5) is 18.3. The maximum absolute atomic E-state index is 12.1. The molecule has 0 unspecified atom stereocenters. The van der Waals surface area contributed by atoms with Crippen molar-refractivity contribution in [2.45, 2.75) is 20.8 Å². The number of hydrogen-bond donors (Lipinski definition) is 1. The van der Waals surface area contributed by atoms with E-state index in [1.165, 1.54) is 0 Å². The van der Waals surface area contributed by atoms with Gasteiger partial charge in [0.1, 0.15) is 0 Å². The molecule has 2 amide bonds. The normalized spacial score (nSPS) is 10.5. The molecule has 0 radical (unpaired) electrons. The zero-order valence-corrected chi connectivity index (χ0v) is 11.6. The number of aromatic nitrogens is 1. The first kappa shape index (κ1) is 13.3. The fourth-order valence-electron chi connectivity index (χ4n) is 2.12. The molecule has 1 aromatic carbocycles. The molecular formula is C15H19N3O. The molecule has 0 aliphatic rings. The third-order valence-electron chi connectivity index (χ3n) is 3.14. The first-order chi connectivity index (χ1) is 9.15. The molecule has 2 aromatic rings. The van der Waals surface area contributed by atoms with Crippen LogP contribution in [-0.2, 0) is 0 Å². The topological polar surface area (TPSA) is 45.2 Å². The highest BCUT2D eigenvalue weighted by Gasteiger charge is 2.11. The number of rotatable bonds is 3. The van der Waals surface area contributed by atoms with Crippen molar-refractivity contribution in [2.75, 3.05) is 18.4 Å². The van der Waals surface area contributed by atoms with Gasteiger partial charge in [0.05, 0.1) is 11.2 Å². The van der Waals surface area contributed by atoms with Crippen LogP contribution < -0.4 is 5.32 Å². The number of benzene rings is 1. The van der Waals surface area contributed by atoms with E-state index in [1.807, 2.05) is 51.1 Å². The van der Waals surface area contributed by atoms with Gasteiger partial charge in [-0.3, -0.25) is 4.98 Å². The lowest BCUT2D eigenvalue weighted by Crippen LogP contribution is -2.34. The summed E-state index contributed by atoms with van der Waals surface area (Å²) < 4.78 is 0. The van der Waals surface area contributed by atoms with E-state index in [9.17, 15) is 4.79 Å². The van der Waals surface area contributed by atoms with Gasteiger partial charge in [-0.2, -0.15) is 0 Å². The van der Waals surface area contributed by atoms with Crippen LogP contribution in [0.5, 0.6) is 0 Å². The van der Waals surface area contributed by atoms with Crippen molar-refractivity contribution in [1.82, 2.24) is 9.88 Å². The standard InChI is InChI=1S/C15H19N3O/c1-4-18(5-2)15(19)17-14-10-11(3)16-13-9-7-6-8-12(13)14/h6-10H,4-5H2,1-3H3,(H,16,17,19). The number of nitrogens with one attached hydrogen (secondary N) is 1. The minimum absolute atomic E-state index is 0.0687. The van der Waals surface area contributed by atoms with E-state index in [-0.39, 0.29) is 6.03 Å². The van der Waals surface area contributed by atoms with Crippen LogP contribution in [-0.4, -0.2) is 29.0 Å². The summed E-state index contributed by atoms with van der Waals surface area (Å²) in [5, 5.41) is 3.94.